The van der Waals surface area contributed by atoms with E-state index in [1.54, 1.807) is 28.8 Å². The number of para-hydroxylation sites is 1. The zero-order valence-electron chi connectivity index (χ0n) is 16.5. The van der Waals surface area contributed by atoms with Crippen molar-refractivity contribution in [2.24, 2.45) is 0 Å². The Hall–Kier alpha value is -2.96. The van der Waals surface area contributed by atoms with Crippen molar-refractivity contribution in [1.29, 1.82) is 0 Å². The predicted octanol–water partition coefficient (Wildman–Crippen LogP) is 2.83. The van der Waals surface area contributed by atoms with Gasteiger partial charge in [-0.3, -0.25) is 14.3 Å². The van der Waals surface area contributed by atoms with Gasteiger partial charge in [0.05, 0.1) is 11.3 Å². The number of hydrogen-bond acceptors (Lipinski definition) is 4. The summed E-state index contributed by atoms with van der Waals surface area (Å²) in [6.45, 7) is 4.08. The fraction of sp³-hybridized carbons (Fsp3) is 0.304. The Morgan fingerprint density at radius 3 is 2.34 bits per heavy atom. The second-order valence-corrected chi connectivity index (χ2v) is 7.58. The summed E-state index contributed by atoms with van der Waals surface area (Å²) in [5, 5.41) is 11.0. The molecule has 29 heavy (non-hydrogen) atoms. The molecule has 3 aromatic rings. The van der Waals surface area contributed by atoms with Crippen LogP contribution in [0.15, 0.2) is 59.4 Å². The third-order valence-electron chi connectivity index (χ3n) is 5.60. The average molecular weight is 391 g/mol. The highest BCUT2D eigenvalue weighted by atomic mass is 16.4. The zero-order valence-corrected chi connectivity index (χ0v) is 16.5. The van der Waals surface area contributed by atoms with Gasteiger partial charge in [0.2, 0.25) is 0 Å². The summed E-state index contributed by atoms with van der Waals surface area (Å²) in [5.41, 5.74) is 1.25. The minimum atomic E-state index is -1.01. The van der Waals surface area contributed by atoms with E-state index in [2.05, 4.69) is 16.8 Å². The summed E-state index contributed by atoms with van der Waals surface area (Å²) in [6, 6.07) is 16.3. The molecule has 1 saturated heterocycles. The van der Waals surface area contributed by atoms with Crippen LogP contribution in [0.2, 0.25) is 0 Å². The highest BCUT2D eigenvalue weighted by molar-refractivity contribution is 6.04. The molecule has 1 aromatic heterocycles. The Morgan fingerprint density at radius 1 is 0.931 bits per heavy atom. The van der Waals surface area contributed by atoms with Crippen LogP contribution in [0.4, 0.5) is 0 Å². The monoisotopic (exact) mass is 391 g/mol. The summed E-state index contributed by atoms with van der Waals surface area (Å²) in [5.74, 6) is -1.01. The first-order valence-electron chi connectivity index (χ1n) is 9.92. The Balaban J connectivity index is 1.96. The molecule has 1 fully saturated rings. The predicted molar refractivity (Wildman–Crippen MR) is 114 cm³/mol. The molecular formula is C23H25N3O3. The first kappa shape index (κ1) is 19.4. The average Bonchev–Trinajstić information content (AvgIpc) is 2.93. The highest BCUT2D eigenvalue weighted by Crippen LogP contribution is 2.24. The summed E-state index contributed by atoms with van der Waals surface area (Å²) in [6.07, 6.45) is 1.02. The summed E-state index contributed by atoms with van der Waals surface area (Å²) in [4.78, 5) is 30.3. The number of pyridine rings is 1. The van der Waals surface area contributed by atoms with Crippen molar-refractivity contribution in [1.82, 2.24) is 14.4 Å². The maximum absolute atomic E-state index is 13.4. The lowest BCUT2D eigenvalue weighted by Gasteiger charge is -2.24. The van der Waals surface area contributed by atoms with E-state index < -0.39 is 5.97 Å². The van der Waals surface area contributed by atoms with Gasteiger partial charge in [-0.2, -0.15) is 0 Å². The van der Waals surface area contributed by atoms with E-state index in [1.165, 1.54) is 0 Å². The van der Waals surface area contributed by atoms with Crippen LogP contribution >= 0.6 is 0 Å². The molecule has 0 atom stereocenters. The number of aromatic carboxylic acids is 1. The van der Waals surface area contributed by atoms with Crippen molar-refractivity contribution < 1.29 is 9.90 Å². The number of rotatable bonds is 4. The number of likely N-dealkylation sites (N-methyl/N-ethyl adjacent to an activating group) is 1. The van der Waals surface area contributed by atoms with Gasteiger partial charge in [0.15, 0.2) is 0 Å². The maximum atomic E-state index is 13.4. The molecule has 0 radical (unpaired) electrons. The van der Waals surface area contributed by atoms with Gasteiger partial charge in [-0.25, -0.2) is 4.79 Å². The van der Waals surface area contributed by atoms with Gasteiger partial charge in [-0.1, -0.05) is 36.4 Å². The molecule has 0 aliphatic carbocycles. The number of fused-ring (bicyclic) bond motifs is 1. The number of hydrogen-bond donors (Lipinski definition) is 1. The molecule has 2 aromatic carbocycles. The van der Waals surface area contributed by atoms with E-state index in [0.717, 1.165) is 32.6 Å². The van der Waals surface area contributed by atoms with Crippen LogP contribution in [0.1, 0.15) is 22.5 Å². The van der Waals surface area contributed by atoms with Crippen LogP contribution in [-0.4, -0.2) is 58.7 Å². The van der Waals surface area contributed by atoms with Crippen LogP contribution in [0.3, 0.4) is 0 Å². The molecule has 6 nitrogen and oxygen atoms in total. The van der Waals surface area contributed by atoms with Crippen molar-refractivity contribution in [2.45, 2.75) is 13.0 Å². The standard InChI is InChI=1S/C23H25N3O3/c1-24-12-7-13-25(15-14-24)16-20-21(23(28)29)18-10-5-6-11-19(18)22(27)26(20)17-8-3-2-4-9-17/h2-6,8-11H,7,12-16H2,1H3,(H,28,29). The highest BCUT2D eigenvalue weighted by Gasteiger charge is 2.24. The molecule has 6 heteroatoms. The topological polar surface area (TPSA) is 65.8 Å². The van der Waals surface area contributed by atoms with Crippen molar-refractivity contribution in [3.8, 4) is 5.69 Å². The SMILES string of the molecule is CN1CCCN(Cc2c(C(=O)O)c3ccccc3c(=O)n2-c2ccccc2)CC1. The number of carbonyl (C=O) groups is 1. The van der Waals surface area contributed by atoms with Gasteiger partial charge in [-0.05, 0) is 44.8 Å². The molecular weight excluding hydrogens is 366 g/mol. The van der Waals surface area contributed by atoms with Gasteiger partial charge >= 0.3 is 5.97 Å². The molecule has 4 rings (SSSR count). The van der Waals surface area contributed by atoms with Gasteiger partial charge in [-0.15, -0.1) is 0 Å². The van der Waals surface area contributed by atoms with Gasteiger partial charge in [0, 0.05) is 36.1 Å². The minimum absolute atomic E-state index is 0.182. The van der Waals surface area contributed by atoms with Gasteiger partial charge < -0.3 is 10.0 Å². The molecule has 0 saturated carbocycles. The second kappa shape index (κ2) is 8.19. The van der Waals surface area contributed by atoms with Crippen LogP contribution in [0, 0.1) is 0 Å². The van der Waals surface area contributed by atoms with E-state index in [4.69, 9.17) is 0 Å². The first-order valence-corrected chi connectivity index (χ1v) is 9.92. The number of aromatic nitrogens is 1. The van der Waals surface area contributed by atoms with Crippen LogP contribution in [0.5, 0.6) is 0 Å². The zero-order chi connectivity index (χ0) is 20.4. The second-order valence-electron chi connectivity index (χ2n) is 7.58. The third-order valence-corrected chi connectivity index (χ3v) is 5.60. The lowest BCUT2D eigenvalue weighted by atomic mass is 10.0. The number of benzene rings is 2. The first-order chi connectivity index (χ1) is 14.1. The van der Waals surface area contributed by atoms with E-state index >= 15 is 0 Å². The summed E-state index contributed by atoms with van der Waals surface area (Å²) >= 11 is 0. The quantitative estimate of drug-likeness (QED) is 0.741. The molecule has 0 unspecified atom stereocenters. The molecule has 1 N–H and O–H groups in total. The van der Waals surface area contributed by atoms with E-state index in [9.17, 15) is 14.7 Å². The fourth-order valence-electron chi connectivity index (χ4n) is 4.11. The minimum Gasteiger partial charge on any atom is -0.478 e. The Labute approximate surface area is 169 Å². The van der Waals surface area contributed by atoms with E-state index in [1.807, 2.05) is 30.3 Å². The summed E-state index contributed by atoms with van der Waals surface area (Å²) < 4.78 is 1.58. The van der Waals surface area contributed by atoms with E-state index in [-0.39, 0.29) is 11.1 Å². The Kier molecular flexibility index (Phi) is 5.47. The number of nitrogens with zero attached hydrogens (tertiary/aromatic N) is 3. The normalized spacial score (nSPS) is 16.0. The lowest BCUT2D eigenvalue weighted by Crippen LogP contribution is -2.33. The molecule has 0 bridgehead atoms. The van der Waals surface area contributed by atoms with Crippen LogP contribution in [0.25, 0.3) is 16.5 Å². The molecule has 150 valence electrons. The Bertz CT molecular complexity index is 1090. The molecule has 2 heterocycles. The number of carboxylic acid groups (broad SMARTS) is 1. The largest absolute Gasteiger partial charge is 0.478 e. The molecule has 1 aliphatic rings. The lowest BCUT2D eigenvalue weighted by molar-refractivity contribution is 0.0695. The molecule has 0 spiro atoms. The van der Waals surface area contributed by atoms with Crippen molar-refractivity contribution in [3.63, 3.8) is 0 Å². The summed E-state index contributed by atoms with van der Waals surface area (Å²) in [7, 11) is 2.10. The molecule has 1 aliphatic heterocycles. The van der Waals surface area contributed by atoms with Crippen LogP contribution < -0.4 is 5.56 Å². The van der Waals surface area contributed by atoms with Crippen molar-refractivity contribution in [3.05, 3.63) is 76.2 Å². The fourth-order valence-corrected chi connectivity index (χ4v) is 4.11. The van der Waals surface area contributed by atoms with Crippen molar-refractivity contribution in [2.75, 3.05) is 33.2 Å². The Morgan fingerprint density at radius 2 is 1.62 bits per heavy atom. The van der Waals surface area contributed by atoms with Crippen molar-refractivity contribution >= 4 is 16.7 Å². The van der Waals surface area contributed by atoms with Crippen LogP contribution in [-0.2, 0) is 6.54 Å². The van der Waals surface area contributed by atoms with Gasteiger partial charge in [0.25, 0.3) is 5.56 Å². The third kappa shape index (κ3) is 3.81. The van der Waals surface area contributed by atoms with Gasteiger partial charge in [0.1, 0.15) is 0 Å². The number of carboxylic acids is 1. The smallest absolute Gasteiger partial charge is 0.338 e. The maximum Gasteiger partial charge on any atom is 0.338 e. The van der Waals surface area contributed by atoms with E-state index in [0.29, 0.717) is 28.7 Å². The molecule has 0 amide bonds.